The molecule has 2 aromatic carbocycles. The normalized spacial score (nSPS) is 23.1. The van der Waals surface area contributed by atoms with Crippen molar-refractivity contribution in [3.05, 3.63) is 41.5 Å². The van der Waals surface area contributed by atoms with Crippen LogP contribution in [0.3, 0.4) is 0 Å². The van der Waals surface area contributed by atoms with Gasteiger partial charge in [-0.2, -0.15) is 0 Å². The van der Waals surface area contributed by atoms with Gasteiger partial charge in [-0.25, -0.2) is 0 Å². The van der Waals surface area contributed by atoms with Crippen LogP contribution in [0.4, 0.5) is 5.69 Å². The monoisotopic (exact) mass is 378 g/mol. The van der Waals surface area contributed by atoms with Crippen molar-refractivity contribution in [1.82, 2.24) is 5.32 Å². The van der Waals surface area contributed by atoms with Crippen LogP contribution in [-0.4, -0.2) is 39.4 Å². The zero-order valence-electron chi connectivity index (χ0n) is 17.1. The average Bonchev–Trinajstić information content (AvgIpc) is 2.88. The smallest absolute Gasteiger partial charge is 0.143 e. The summed E-state index contributed by atoms with van der Waals surface area (Å²) in [5.74, 6) is 3.01. The predicted octanol–water partition coefficient (Wildman–Crippen LogP) is 4.53. The Morgan fingerprint density at radius 1 is 1.21 bits per heavy atom. The third kappa shape index (κ3) is 2.77. The van der Waals surface area contributed by atoms with Crippen molar-refractivity contribution < 1.29 is 9.47 Å². The fourth-order valence-electron chi connectivity index (χ4n) is 5.19. The van der Waals surface area contributed by atoms with Crippen molar-refractivity contribution in [2.75, 3.05) is 38.3 Å². The summed E-state index contributed by atoms with van der Waals surface area (Å²) in [6.45, 7) is 8.54. The molecule has 3 heterocycles. The largest absolute Gasteiger partial charge is 0.496 e. The number of benzene rings is 2. The maximum atomic E-state index is 6.26. The summed E-state index contributed by atoms with van der Waals surface area (Å²) in [6.07, 6.45) is 2.30. The summed E-state index contributed by atoms with van der Waals surface area (Å²) >= 11 is 0. The zero-order chi connectivity index (χ0) is 19.3. The highest BCUT2D eigenvalue weighted by atomic mass is 16.5. The molecule has 4 nitrogen and oxygen atoms in total. The Hall–Kier alpha value is -2.20. The van der Waals surface area contributed by atoms with E-state index in [4.69, 9.17) is 9.47 Å². The van der Waals surface area contributed by atoms with Crippen molar-refractivity contribution >= 4 is 5.69 Å². The molecule has 5 rings (SSSR count). The molecule has 4 heteroatoms. The SMILES string of the molecule is COc1ccc(C(C)C)cc1-c1cc2c3c(c1)[C@@H]1CNCC[C@@H]1N3CCCO2. The van der Waals surface area contributed by atoms with Gasteiger partial charge in [0.25, 0.3) is 0 Å². The number of nitrogens with one attached hydrogen (secondary N) is 1. The minimum Gasteiger partial charge on any atom is -0.496 e. The van der Waals surface area contributed by atoms with Crippen molar-refractivity contribution in [3.63, 3.8) is 0 Å². The molecule has 2 atom stereocenters. The van der Waals surface area contributed by atoms with E-state index in [0.29, 0.717) is 17.9 Å². The highest BCUT2D eigenvalue weighted by Crippen LogP contribution is 2.51. The van der Waals surface area contributed by atoms with Crippen LogP contribution in [0.1, 0.15) is 49.7 Å². The van der Waals surface area contributed by atoms with Crippen molar-refractivity contribution in [1.29, 1.82) is 0 Å². The lowest BCUT2D eigenvalue weighted by Crippen LogP contribution is -2.44. The Balaban J connectivity index is 1.68. The van der Waals surface area contributed by atoms with E-state index in [1.807, 2.05) is 0 Å². The van der Waals surface area contributed by atoms with Crippen LogP contribution in [0.25, 0.3) is 11.1 Å². The van der Waals surface area contributed by atoms with E-state index >= 15 is 0 Å². The van der Waals surface area contributed by atoms with Gasteiger partial charge in [-0.15, -0.1) is 0 Å². The van der Waals surface area contributed by atoms with Gasteiger partial charge < -0.3 is 19.7 Å². The first-order valence-corrected chi connectivity index (χ1v) is 10.6. The summed E-state index contributed by atoms with van der Waals surface area (Å²) in [5.41, 5.74) is 6.50. The molecule has 0 saturated carbocycles. The number of hydrogen-bond acceptors (Lipinski definition) is 4. The van der Waals surface area contributed by atoms with Gasteiger partial charge in [0.2, 0.25) is 0 Å². The van der Waals surface area contributed by atoms with Crippen LogP contribution in [0, 0.1) is 0 Å². The highest BCUT2D eigenvalue weighted by molar-refractivity contribution is 5.81. The van der Waals surface area contributed by atoms with Crippen LogP contribution in [0.2, 0.25) is 0 Å². The first-order chi connectivity index (χ1) is 13.7. The highest BCUT2D eigenvalue weighted by Gasteiger charge is 2.42. The number of fused-ring (bicyclic) bond motifs is 3. The molecule has 1 saturated heterocycles. The third-order valence-corrected chi connectivity index (χ3v) is 6.64. The fourth-order valence-corrected chi connectivity index (χ4v) is 5.19. The molecule has 3 aliphatic heterocycles. The molecule has 0 radical (unpaired) electrons. The van der Waals surface area contributed by atoms with Crippen LogP contribution >= 0.6 is 0 Å². The molecular weight excluding hydrogens is 348 g/mol. The van der Waals surface area contributed by atoms with Gasteiger partial charge in [0.15, 0.2) is 0 Å². The van der Waals surface area contributed by atoms with Gasteiger partial charge in [-0.05, 0) is 66.3 Å². The van der Waals surface area contributed by atoms with E-state index in [1.165, 1.54) is 34.4 Å². The number of anilines is 1. The second-order valence-electron chi connectivity index (χ2n) is 8.59. The molecular formula is C24H30N2O2. The maximum Gasteiger partial charge on any atom is 0.143 e. The van der Waals surface area contributed by atoms with E-state index in [1.54, 1.807) is 7.11 Å². The topological polar surface area (TPSA) is 33.7 Å². The number of methoxy groups -OCH3 is 1. The molecule has 1 N–H and O–H groups in total. The van der Waals surface area contributed by atoms with Crippen LogP contribution in [-0.2, 0) is 0 Å². The Labute approximate surface area is 167 Å². The number of rotatable bonds is 3. The molecule has 28 heavy (non-hydrogen) atoms. The van der Waals surface area contributed by atoms with E-state index in [-0.39, 0.29) is 0 Å². The maximum absolute atomic E-state index is 6.26. The van der Waals surface area contributed by atoms with E-state index < -0.39 is 0 Å². The van der Waals surface area contributed by atoms with Gasteiger partial charge in [0.05, 0.1) is 19.4 Å². The van der Waals surface area contributed by atoms with Crippen LogP contribution in [0.15, 0.2) is 30.3 Å². The Kier molecular flexibility index (Phi) is 4.47. The van der Waals surface area contributed by atoms with E-state index in [0.717, 1.165) is 44.2 Å². The van der Waals surface area contributed by atoms with E-state index in [2.05, 4.69) is 54.4 Å². The van der Waals surface area contributed by atoms with Gasteiger partial charge in [0, 0.05) is 30.6 Å². The lowest BCUT2D eigenvalue weighted by molar-refractivity contribution is 0.319. The average molecular weight is 379 g/mol. The predicted molar refractivity (Wildman–Crippen MR) is 114 cm³/mol. The summed E-state index contributed by atoms with van der Waals surface area (Å²) in [6, 6.07) is 11.8. The summed E-state index contributed by atoms with van der Waals surface area (Å²) in [7, 11) is 1.76. The fraction of sp³-hybridized carbons (Fsp3) is 0.500. The molecule has 0 spiro atoms. The Morgan fingerprint density at radius 3 is 2.93 bits per heavy atom. The lowest BCUT2D eigenvalue weighted by atomic mass is 9.88. The summed E-state index contributed by atoms with van der Waals surface area (Å²) in [5, 5.41) is 3.61. The lowest BCUT2D eigenvalue weighted by Gasteiger charge is -2.33. The molecule has 148 valence electrons. The standard InChI is InChI=1S/C24H30N2O2/c1-15(2)16-5-6-22(27-3)18(11-16)17-12-19-20-14-25-8-7-21(20)26-9-4-10-28-23(13-17)24(19)26/h5-6,11-13,15,20-21,25H,4,7-10,14H2,1-3H3/t20-,21-/m0/s1. The molecule has 0 amide bonds. The summed E-state index contributed by atoms with van der Waals surface area (Å²) < 4.78 is 12.0. The second kappa shape index (κ2) is 7.00. The first-order valence-electron chi connectivity index (χ1n) is 10.6. The van der Waals surface area contributed by atoms with Gasteiger partial charge >= 0.3 is 0 Å². The number of hydrogen-bond donors (Lipinski definition) is 1. The zero-order valence-corrected chi connectivity index (χ0v) is 17.1. The molecule has 3 aliphatic rings. The minimum absolute atomic E-state index is 0.485. The quantitative estimate of drug-likeness (QED) is 0.851. The molecule has 0 aliphatic carbocycles. The van der Waals surface area contributed by atoms with Gasteiger partial charge in [0.1, 0.15) is 11.5 Å². The van der Waals surface area contributed by atoms with Gasteiger partial charge in [-0.1, -0.05) is 19.9 Å². The number of nitrogens with zero attached hydrogens (tertiary/aromatic N) is 1. The van der Waals surface area contributed by atoms with Gasteiger partial charge in [-0.3, -0.25) is 0 Å². The van der Waals surface area contributed by atoms with E-state index in [9.17, 15) is 0 Å². The van der Waals surface area contributed by atoms with Crippen molar-refractivity contribution in [2.45, 2.75) is 44.6 Å². The second-order valence-corrected chi connectivity index (χ2v) is 8.59. The minimum atomic E-state index is 0.485. The van der Waals surface area contributed by atoms with Crippen LogP contribution < -0.4 is 19.7 Å². The molecule has 1 fully saturated rings. The third-order valence-electron chi connectivity index (χ3n) is 6.64. The number of ether oxygens (including phenoxy) is 2. The number of piperidine rings is 1. The Morgan fingerprint density at radius 2 is 2.11 bits per heavy atom. The first kappa shape index (κ1) is 17.9. The molecule has 0 aromatic heterocycles. The Bertz CT molecular complexity index is 892. The molecule has 0 unspecified atom stereocenters. The van der Waals surface area contributed by atoms with Crippen LogP contribution in [0.5, 0.6) is 11.5 Å². The summed E-state index contributed by atoms with van der Waals surface area (Å²) in [4.78, 5) is 2.63. The molecule has 2 aromatic rings. The van der Waals surface area contributed by atoms with Crippen molar-refractivity contribution in [2.24, 2.45) is 0 Å². The molecule has 0 bridgehead atoms. The van der Waals surface area contributed by atoms with Crippen molar-refractivity contribution in [3.8, 4) is 22.6 Å².